The molecule has 1 aliphatic rings. The molecule has 1 unspecified atom stereocenters. The molecule has 0 radical (unpaired) electrons. The van der Waals surface area contributed by atoms with Gasteiger partial charge in [-0.2, -0.15) is 0 Å². The summed E-state index contributed by atoms with van der Waals surface area (Å²) in [5.41, 5.74) is 2.97. The first-order valence-corrected chi connectivity index (χ1v) is 6.77. The van der Waals surface area contributed by atoms with E-state index in [9.17, 15) is 4.79 Å². The Morgan fingerprint density at radius 1 is 1.42 bits per heavy atom. The van der Waals surface area contributed by atoms with Crippen LogP contribution in [0.15, 0.2) is 18.2 Å². The van der Waals surface area contributed by atoms with Crippen molar-refractivity contribution in [3.8, 4) is 0 Å². The second-order valence-electron chi connectivity index (χ2n) is 5.44. The van der Waals surface area contributed by atoms with E-state index in [1.807, 2.05) is 37.1 Å². The normalized spacial score (nSPS) is 19.0. The average molecular weight is 261 g/mol. The number of hydrogen-bond donors (Lipinski definition) is 1. The van der Waals surface area contributed by atoms with Gasteiger partial charge in [0.05, 0.1) is 0 Å². The smallest absolute Gasteiger partial charge is 0.253 e. The molecule has 1 aliphatic heterocycles. The molecule has 4 nitrogen and oxygen atoms in total. The van der Waals surface area contributed by atoms with Crippen LogP contribution in [0.1, 0.15) is 22.3 Å². The lowest BCUT2D eigenvalue weighted by Crippen LogP contribution is -2.34. The summed E-state index contributed by atoms with van der Waals surface area (Å²) >= 11 is 0. The first-order chi connectivity index (χ1) is 9.02. The summed E-state index contributed by atoms with van der Waals surface area (Å²) in [6.07, 6.45) is 1.06. The summed E-state index contributed by atoms with van der Waals surface area (Å²) in [5, 5.41) is 3.12. The molecule has 1 aromatic carbocycles. The zero-order valence-electron chi connectivity index (χ0n) is 12.2. The number of hydrogen-bond acceptors (Lipinski definition) is 3. The Balaban J connectivity index is 2.10. The number of rotatable bonds is 3. The fourth-order valence-corrected chi connectivity index (χ4v) is 2.61. The summed E-state index contributed by atoms with van der Waals surface area (Å²) in [5.74, 6) is 0.148. The van der Waals surface area contributed by atoms with E-state index in [4.69, 9.17) is 0 Å². The Bertz CT molecular complexity index is 470. The number of carbonyl (C=O) groups is 1. The maximum absolute atomic E-state index is 12.5. The predicted octanol–water partition coefficient (Wildman–Crippen LogP) is 1.81. The standard InChI is InChI=1S/C15H23N3O/c1-11-9-12(5-6-14(11)16-2)15(19)18-8-7-13(10-18)17(3)4/h5-6,9,13,16H,7-8,10H2,1-4H3. The highest BCUT2D eigenvalue weighted by molar-refractivity contribution is 5.95. The molecule has 4 heteroatoms. The van der Waals surface area contributed by atoms with Crippen molar-refractivity contribution in [1.29, 1.82) is 0 Å². The highest BCUT2D eigenvalue weighted by Gasteiger charge is 2.28. The van der Waals surface area contributed by atoms with Gasteiger partial charge in [-0.25, -0.2) is 0 Å². The number of benzene rings is 1. The molecule has 104 valence electrons. The van der Waals surface area contributed by atoms with Crippen LogP contribution in [-0.2, 0) is 0 Å². The van der Waals surface area contributed by atoms with Gasteiger partial charge in [-0.05, 0) is 51.2 Å². The van der Waals surface area contributed by atoms with Crippen molar-refractivity contribution in [3.63, 3.8) is 0 Å². The molecule has 19 heavy (non-hydrogen) atoms. The number of anilines is 1. The van der Waals surface area contributed by atoms with Crippen LogP contribution >= 0.6 is 0 Å². The van der Waals surface area contributed by atoms with Crippen LogP contribution in [0.4, 0.5) is 5.69 Å². The third kappa shape index (κ3) is 2.89. The van der Waals surface area contributed by atoms with Crippen molar-refractivity contribution in [2.24, 2.45) is 0 Å². The van der Waals surface area contributed by atoms with Gasteiger partial charge < -0.3 is 15.1 Å². The lowest BCUT2D eigenvalue weighted by atomic mass is 10.1. The SMILES string of the molecule is CNc1ccc(C(=O)N2CCC(N(C)C)C2)cc1C. The molecular weight excluding hydrogens is 238 g/mol. The lowest BCUT2D eigenvalue weighted by Gasteiger charge is -2.20. The largest absolute Gasteiger partial charge is 0.388 e. The highest BCUT2D eigenvalue weighted by Crippen LogP contribution is 2.20. The molecular formula is C15H23N3O. The van der Waals surface area contributed by atoms with Gasteiger partial charge in [0.2, 0.25) is 0 Å². The van der Waals surface area contributed by atoms with Crippen LogP contribution in [0.3, 0.4) is 0 Å². The minimum atomic E-state index is 0.148. The second kappa shape index (κ2) is 5.61. The van der Waals surface area contributed by atoms with E-state index in [1.165, 1.54) is 0 Å². The molecule has 0 aliphatic carbocycles. The Labute approximate surface area is 115 Å². The number of likely N-dealkylation sites (N-methyl/N-ethyl adjacent to an activating group) is 1. The van der Waals surface area contributed by atoms with Crippen molar-refractivity contribution >= 4 is 11.6 Å². The molecule has 1 heterocycles. The molecule has 1 aromatic rings. The van der Waals surface area contributed by atoms with Gasteiger partial charge in [-0.15, -0.1) is 0 Å². The van der Waals surface area contributed by atoms with E-state index in [0.717, 1.165) is 36.3 Å². The van der Waals surface area contributed by atoms with Crippen LogP contribution in [0.5, 0.6) is 0 Å². The predicted molar refractivity (Wildman–Crippen MR) is 78.7 cm³/mol. The van der Waals surface area contributed by atoms with Crippen molar-refractivity contribution in [2.75, 3.05) is 39.5 Å². The molecule has 0 saturated carbocycles. The van der Waals surface area contributed by atoms with Gasteiger partial charge in [-0.1, -0.05) is 0 Å². The molecule has 1 N–H and O–H groups in total. The summed E-state index contributed by atoms with van der Waals surface area (Å²) < 4.78 is 0. The third-order valence-electron chi connectivity index (χ3n) is 3.92. The minimum absolute atomic E-state index is 0.148. The molecule has 1 amide bonds. The number of nitrogens with one attached hydrogen (secondary N) is 1. The zero-order chi connectivity index (χ0) is 14.0. The molecule has 0 bridgehead atoms. The summed E-state index contributed by atoms with van der Waals surface area (Å²) in [7, 11) is 6.04. The maximum Gasteiger partial charge on any atom is 0.253 e. The third-order valence-corrected chi connectivity index (χ3v) is 3.92. The van der Waals surface area contributed by atoms with Crippen LogP contribution in [0.2, 0.25) is 0 Å². The summed E-state index contributed by atoms with van der Waals surface area (Å²) in [4.78, 5) is 16.6. The summed E-state index contributed by atoms with van der Waals surface area (Å²) in [6, 6.07) is 6.34. The fourth-order valence-electron chi connectivity index (χ4n) is 2.61. The first kappa shape index (κ1) is 13.9. The molecule has 1 atom stereocenters. The summed E-state index contributed by atoms with van der Waals surface area (Å²) in [6.45, 7) is 3.71. The topological polar surface area (TPSA) is 35.6 Å². The molecule has 1 saturated heterocycles. The minimum Gasteiger partial charge on any atom is -0.388 e. The molecule has 2 rings (SSSR count). The van der Waals surface area contributed by atoms with Crippen LogP contribution in [0, 0.1) is 6.92 Å². The van der Waals surface area contributed by atoms with Crippen molar-refractivity contribution in [1.82, 2.24) is 9.80 Å². The van der Waals surface area contributed by atoms with E-state index in [-0.39, 0.29) is 5.91 Å². The van der Waals surface area contributed by atoms with E-state index >= 15 is 0 Å². The van der Waals surface area contributed by atoms with Gasteiger partial charge in [0.25, 0.3) is 5.91 Å². The van der Waals surface area contributed by atoms with Crippen LogP contribution < -0.4 is 5.32 Å². The van der Waals surface area contributed by atoms with Crippen LogP contribution in [-0.4, -0.2) is 56.0 Å². The van der Waals surface area contributed by atoms with E-state index in [0.29, 0.717) is 6.04 Å². The first-order valence-electron chi connectivity index (χ1n) is 6.77. The van der Waals surface area contributed by atoms with Crippen LogP contribution in [0.25, 0.3) is 0 Å². The average Bonchev–Trinajstić information content (AvgIpc) is 2.87. The fraction of sp³-hybridized carbons (Fsp3) is 0.533. The number of aryl methyl sites for hydroxylation is 1. The van der Waals surface area contributed by atoms with Gasteiger partial charge in [0, 0.05) is 37.4 Å². The number of amides is 1. The van der Waals surface area contributed by atoms with Gasteiger partial charge >= 0.3 is 0 Å². The number of nitrogens with zero attached hydrogens (tertiary/aromatic N) is 2. The number of carbonyl (C=O) groups excluding carboxylic acids is 1. The second-order valence-corrected chi connectivity index (χ2v) is 5.44. The van der Waals surface area contributed by atoms with Gasteiger partial charge in [0.1, 0.15) is 0 Å². The molecule has 1 fully saturated rings. The lowest BCUT2D eigenvalue weighted by molar-refractivity contribution is 0.0783. The van der Waals surface area contributed by atoms with Crippen molar-refractivity contribution < 1.29 is 4.79 Å². The Kier molecular flexibility index (Phi) is 4.10. The Morgan fingerprint density at radius 2 is 2.16 bits per heavy atom. The van der Waals surface area contributed by atoms with E-state index in [2.05, 4.69) is 24.3 Å². The quantitative estimate of drug-likeness (QED) is 0.901. The Morgan fingerprint density at radius 3 is 2.68 bits per heavy atom. The van der Waals surface area contributed by atoms with Gasteiger partial charge in [0.15, 0.2) is 0 Å². The van der Waals surface area contributed by atoms with Gasteiger partial charge in [-0.3, -0.25) is 4.79 Å². The monoisotopic (exact) mass is 261 g/mol. The maximum atomic E-state index is 12.5. The van der Waals surface area contributed by atoms with Crippen molar-refractivity contribution in [2.45, 2.75) is 19.4 Å². The number of likely N-dealkylation sites (tertiary alicyclic amines) is 1. The molecule has 0 spiro atoms. The zero-order valence-corrected chi connectivity index (χ0v) is 12.2. The highest BCUT2D eigenvalue weighted by atomic mass is 16.2. The van der Waals surface area contributed by atoms with E-state index in [1.54, 1.807) is 0 Å². The Hall–Kier alpha value is -1.55. The van der Waals surface area contributed by atoms with Crippen molar-refractivity contribution in [3.05, 3.63) is 29.3 Å². The van der Waals surface area contributed by atoms with E-state index < -0.39 is 0 Å². The molecule has 0 aromatic heterocycles.